The minimum absolute atomic E-state index is 0.0746. The number of unbranched alkanes of at least 4 members (excludes halogenated alkanes) is 5. The van der Waals surface area contributed by atoms with Crippen molar-refractivity contribution in [1.82, 2.24) is 5.32 Å². The maximum Gasteiger partial charge on any atom is 0.323 e. The van der Waals surface area contributed by atoms with E-state index in [9.17, 15) is 24.6 Å². The second-order valence-electron chi connectivity index (χ2n) is 7.41. The number of anilines is 1. The minimum atomic E-state index is -1.16. The van der Waals surface area contributed by atoms with Crippen LogP contribution in [-0.2, 0) is 14.4 Å². The number of hydrogen-bond acceptors (Lipinski definition) is 6. The third kappa shape index (κ3) is 7.00. The summed E-state index contributed by atoms with van der Waals surface area (Å²) in [5.41, 5.74) is 5.83. The average Bonchev–Trinajstić information content (AvgIpc) is 2.84. The molecule has 30 heavy (non-hydrogen) atoms. The lowest BCUT2D eigenvalue weighted by Gasteiger charge is -2.25. The van der Waals surface area contributed by atoms with Crippen LogP contribution in [0.25, 0.3) is 0 Å². The molecule has 0 fully saturated rings. The van der Waals surface area contributed by atoms with E-state index in [1.165, 1.54) is 0 Å². The molecule has 9 nitrogen and oxygen atoms in total. The monoisotopic (exact) mass is 421 g/mol. The smallest absolute Gasteiger partial charge is 0.323 e. The van der Waals surface area contributed by atoms with Crippen LogP contribution >= 0.6 is 0 Å². The predicted octanol–water partition coefficient (Wildman–Crippen LogP) is 1.60. The summed E-state index contributed by atoms with van der Waals surface area (Å²) >= 11 is 0. The Morgan fingerprint density at radius 2 is 1.80 bits per heavy atom. The van der Waals surface area contributed by atoms with Crippen molar-refractivity contribution in [3.8, 4) is 5.75 Å². The van der Waals surface area contributed by atoms with Crippen molar-refractivity contribution in [2.24, 2.45) is 5.73 Å². The maximum atomic E-state index is 13.0. The SMILES string of the molecule is NCCCCCCCC[C@H](N[C@H]1COc2ccccc2N(CC(=O)O)C1=O)C(=O)O. The van der Waals surface area contributed by atoms with E-state index in [1.54, 1.807) is 24.3 Å². The highest BCUT2D eigenvalue weighted by atomic mass is 16.5. The van der Waals surface area contributed by atoms with Crippen LogP contribution in [0.15, 0.2) is 24.3 Å². The van der Waals surface area contributed by atoms with E-state index in [1.807, 2.05) is 0 Å². The Balaban J connectivity index is 1.99. The first-order valence-electron chi connectivity index (χ1n) is 10.4. The van der Waals surface area contributed by atoms with Gasteiger partial charge in [0.1, 0.15) is 31.0 Å². The van der Waals surface area contributed by atoms with E-state index in [-0.39, 0.29) is 6.61 Å². The molecular formula is C21H31N3O6. The number of ether oxygens (including phenoxy) is 1. The van der Waals surface area contributed by atoms with Gasteiger partial charge in [-0.3, -0.25) is 24.6 Å². The van der Waals surface area contributed by atoms with Crippen LogP contribution in [0, 0.1) is 0 Å². The zero-order valence-electron chi connectivity index (χ0n) is 17.1. The molecule has 1 aliphatic rings. The van der Waals surface area contributed by atoms with Gasteiger partial charge in [0, 0.05) is 0 Å². The van der Waals surface area contributed by atoms with E-state index in [4.69, 9.17) is 10.5 Å². The van der Waals surface area contributed by atoms with Crippen LogP contribution < -0.4 is 20.7 Å². The lowest BCUT2D eigenvalue weighted by molar-refractivity contribution is -0.141. The van der Waals surface area contributed by atoms with Gasteiger partial charge in [0.2, 0.25) is 5.91 Å². The molecule has 1 heterocycles. The van der Waals surface area contributed by atoms with Gasteiger partial charge in [-0.05, 0) is 31.5 Å². The first-order valence-corrected chi connectivity index (χ1v) is 10.4. The van der Waals surface area contributed by atoms with Gasteiger partial charge in [0.05, 0.1) is 5.69 Å². The van der Waals surface area contributed by atoms with Crippen molar-refractivity contribution in [3.63, 3.8) is 0 Å². The van der Waals surface area contributed by atoms with Crippen molar-refractivity contribution in [3.05, 3.63) is 24.3 Å². The van der Waals surface area contributed by atoms with Crippen molar-refractivity contribution in [2.45, 2.75) is 57.0 Å². The molecule has 2 atom stereocenters. The Hall–Kier alpha value is -2.65. The van der Waals surface area contributed by atoms with Gasteiger partial charge in [-0.25, -0.2) is 0 Å². The Bertz CT molecular complexity index is 726. The highest BCUT2D eigenvalue weighted by Gasteiger charge is 2.35. The summed E-state index contributed by atoms with van der Waals surface area (Å²) in [6.45, 7) is 0.0814. The molecule has 2 rings (SSSR count). The number of carboxylic acid groups (broad SMARTS) is 2. The highest BCUT2D eigenvalue weighted by Crippen LogP contribution is 2.31. The Labute approximate surface area is 176 Å². The summed E-state index contributed by atoms with van der Waals surface area (Å²) < 4.78 is 5.68. The van der Waals surface area contributed by atoms with Gasteiger partial charge in [-0.1, -0.05) is 44.2 Å². The molecule has 1 aromatic carbocycles. The number of carboxylic acids is 2. The van der Waals surface area contributed by atoms with E-state index >= 15 is 0 Å². The maximum absolute atomic E-state index is 13.0. The quantitative estimate of drug-likeness (QED) is 0.352. The summed E-state index contributed by atoms with van der Waals surface area (Å²) in [7, 11) is 0. The number of carbonyl (C=O) groups is 3. The fraction of sp³-hybridized carbons (Fsp3) is 0.571. The fourth-order valence-corrected chi connectivity index (χ4v) is 3.49. The molecule has 1 aromatic rings. The van der Waals surface area contributed by atoms with Crippen LogP contribution in [0.2, 0.25) is 0 Å². The Kier molecular flexibility index (Phi) is 9.56. The molecule has 0 radical (unpaired) electrons. The van der Waals surface area contributed by atoms with E-state index in [0.29, 0.717) is 30.8 Å². The number of nitrogens with two attached hydrogens (primary N) is 1. The molecule has 0 saturated carbocycles. The summed E-state index contributed by atoms with van der Waals surface area (Å²) in [5, 5.41) is 21.7. The first-order chi connectivity index (χ1) is 14.4. The van der Waals surface area contributed by atoms with Crippen LogP contribution in [-0.4, -0.2) is 59.8 Å². The number of carbonyl (C=O) groups excluding carboxylic acids is 1. The number of nitrogens with one attached hydrogen (secondary N) is 1. The molecule has 0 spiro atoms. The van der Waals surface area contributed by atoms with E-state index < -0.39 is 36.5 Å². The third-order valence-electron chi connectivity index (χ3n) is 5.07. The van der Waals surface area contributed by atoms with Crippen LogP contribution in [0.4, 0.5) is 5.69 Å². The molecule has 1 aliphatic heterocycles. The zero-order valence-corrected chi connectivity index (χ0v) is 17.1. The normalized spacial score (nSPS) is 17.0. The highest BCUT2D eigenvalue weighted by molar-refractivity contribution is 6.02. The Morgan fingerprint density at radius 3 is 2.47 bits per heavy atom. The second-order valence-corrected chi connectivity index (χ2v) is 7.41. The fourth-order valence-electron chi connectivity index (χ4n) is 3.49. The number of benzene rings is 1. The number of para-hydroxylation sites is 2. The molecule has 5 N–H and O–H groups in total. The Morgan fingerprint density at radius 1 is 1.13 bits per heavy atom. The van der Waals surface area contributed by atoms with Gasteiger partial charge in [0.15, 0.2) is 0 Å². The molecule has 9 heteroatoms. The molecular weight excluding hydrogens is 390 g/mol. The number of aliphatic carboxylic acids is 2. The first kappa shape index (κ1) is 23.6. The average molecular weight is 421 g/mol. The largest absolute Gasteiger partial charge is 0.489 e. The standard InChI is InChI=1S/C21H31N3O6/c22-12-8-4-2-1-3-5-9-15(21(28)29)23-16-14-30-18-11-7-6-10-17(18)24(20(16)27)13-19(25)26/h6-7,10-11,15-16,23H,1-5,8-9,12-14,22H2,(H,25,26)(H,28,29)/t15-,16-/m0/s1. The van der Waals surface area contributed by atoms with Gasteiger partial charge in [-0.2, -0.15) is 0 Å². The molecule has 0 aliphatic carbocycles. The summed E-state index contributed by atoms with van der Waals surface area (Å²) in [6.07, 6.45) is 6.15. The van der Waals surface area contributed by atoms with Crippen LogP contribution in [0.5, 0.6) is 5.75 Å². The van der Waals surface area contributed by atoms with E-state index in [0.717, 1.165) is 37.0 Å². The van der Waals surface area contributed by atoms with Gasteiger partial charge >= 0.3 is 11.9 Å². The van der Waals surface area contributed by atoms with Gasteiger partial charge in [0.25, 0.3) is 0 Å². The predicted molar refractivity (Wildman–Crippen MR) is 112 cm³/mol. The lowest BCUT2D eigenvalue weighted by atomic mass is 10.0. The molecule has 0 aromatic heterocycles. The number of rotatable bonds is 13. The molecule has 1 amide bonds. The number of nitrogens with zero attached hydrogens (tertiary/aromatic N) is 1. The van der Waals surface area contributed by atoms with Gasteiger partial charge in [-0.15, -0.1) is 0 Å². The van der Waals surface area contributed by atoms with Crippen LogP contribution in [0.1, 0.15) is 44.9 Å². The van der Waals surface area contributed by atoms with Crippen molar-refractivity contribution >= 4 is 23.5 Å². The molecule has 0 unspecified atom stereocenters. The minimum Gasteiger partial charge on any atom is -0.489 e. The number of hydrogen-bond donors (Lipinski definition) is 4. The summed E-state index contributed by atoms with van der Waals surface area (Å²) in [5.74, 6) is -2.34. The number of fused-ring (bicyclic) bond motifs is 1. The van der Waals surface area contributed by atoms with Gasteiger partial charge < -0.3 is 20.7 Å². The topological polar surface area (TPSA) is 142 Å². The zero-order chi connectivity index (χ0) is 21.9. The molecule has 166 valence electrons. The second kappa shape index (κ2) is 12.1. The summed E-state index contributed by atoms with van der Waals surface area (Å²) in [6, 6.07) is 4.80. The lowest BCUT2D eigenvalue weighted by Crippen LogP contribution is -2.54. The molecule has 0 saturated heterocycles. The molecule has 0 bridgehead atoms. The van der Waals surface area contributed by atoms with Crippen molar-refractivity contribution < 1.29 is 29.3 Å². The van der Waals surface area contributed by atoms with E-state index in [2.05, 4.69) is 5.32 Å². The third-order valence-corrected chi connectivity index (χ3v) is 5.07. The van der Waals surface area contributed by atoms with Crippen LogP contribution in [0.3, 0.4) is 0 Å². The van der Waals surface area contributed by atoms with Crippen molar-refractivity contribution in [1.29, 1.82) is 0 Å². The summed E-state index contributed by atoms with van der Waals surface area (Å²) in [4.78, 5) is 37.1. The van der Waals surface area contributed by atoms with Crippen molar-refractivity contribution in [2.75, 3.05) is 24.6 Å². The number of amides is 1.